The SMILES string of the molecule is CCC(COC)NS(=O)(=O)c1cc(Br)c(Cl)c(C(=O)O)c1. The molecule has 0 fully saturated rings. The summed E-state index contributed by atoms with van der Waals surface area (Å²) in [5, 5.41) is 9.00. The van der Waals surface area contributed by atoms with Gasteiger partial charge in [-0.05, 0) is 34.5 Å². The molecule has 0 aromatic heterocycles. The Morgan fingerprint density at radius 3 is 2.62 bits per heavy atom. The van der Waals surface area contributed by atoms with Crippen molar-refractivity contribution in [2.45, 2.75) is 24.3 Å². The van der Waals surface area contributed by atoms with Gasteiger partial charge in [0.15, 0.2) is 0 Å². The predicted octanol–water partition coefficient (Wildman–Crippen LogP) is 2.50. The van der Waals surface area contributed by atoms with Crippen molar-refractivity contribution in [1.82, 2.24) is 4.72 Å². The van der Waals surface area contributed by atoms with Crippen molar-refractivity contribution in [2.24, 2.45) is 0 Å². The lowest BCUT2D eigenvalue weighted by Crippen LogP contribution is -2.37. The van der Waals surface area contributed by atoms with E-state index in [0.717, 1.165) is 6.07 Å². The topological polar surface area (TPSA) is 92.7 Å². The number of nitrogens with one attached hydrogen (secondary N) is 1. The van der Waals surface area contributed by atoms with E-state index in [9.17, 15) is 13.2 Å². The number of benzene rings is 1. The average molecular weight is 401 g/mol. The summed E-state index contributed by atoms with van der Waals surface area (Å²) < 4.78 is 32.2. The van der Waals surface area contributed by atoms with E-state index in [1.54, 1.807) is 0 Å². The van der Waals surface area contributed by atoms with Crippen LogP contribution in [-0.2, 0) is 14.8 Å². The molecule has 0 saturated heterocycles. The number of rotatable bonds is 7. The van der Waals surface area contributed by atoms with Gasteiger partial charge in [0.1, 0.15) is 0 Å². The number of sulfonamides is 1. The molecule has 0 radical (unpaired) electrons. The molecule has 21 heavy (non-hydrogen) atoms. The molecule has 9 heteroatoms. The Bertz CT molecular complexity index is 635. The third kappa shape index (κ3) is 4.65. The normalized spacial score (nSPS) is 13.1. The lowest BCUT2D eigenvalue weighted by molar-refractivity contribution is 0.0696. The Balaban J connectivity index is 3.23. The number of carboxylic acid groups (broad SMARTS) is 1. The molecule has 0 amide bonds. The number of methoxy groups -OCH3 is 1. The zero-order valence-electron chi connectivity index (χ0n) is 11.4. The van der Waals surface area contributed by atoms with Gasteiger partial charge in [0.25, 0.3) is 0 Å². The number of ether oxygens (including phenoxy) is 1. The summed E-state index contributed by atoms with van der Waals surface area (Å²) >= 11 is 8.89. The van der Waals surface area contributed by atoms with Crippen molar-refractivity contribution in [1.29, 1.82) is 0 Å². The van der Waals surface area contributed by atoms with E-state index in [2.05, 4.69) is 20.7 Å². The number of hydrogen-bond donors (Lipinski definition) is 2. The molecule has 0 aliphatic rings. The summed E-state index contributed by atoms with van der Waals surface area (Å²) in [6.45, 7) is 2.03. The maximum Gasteiger partial charge on any atom is 0.337 e. The summed E-state index contributed by atoms with van der Waals surface area (Å²) in [6, 6.07) is 1.89. The quantitative estimate of drug-likeness (QED) is 0.733. The molecule has 0 aliphatic heterocycles. The third-order valence-electron chi connectivity index (χ3n) is 2.72. The Labute approximate surface area is 136 Å². The lowest BCUT2D eigenvalue weighted by Gasteiger charge is -2.16. The molecule has 1 rings (SSSR count). The molecule has 0 bridgehead atoms. The number of aromatic carboxylic acids is 1. The summed E-state index contributed by atoms with van der Waals surface area (Å²) in [6.07, 6.45) is 0.535. The van der Waals surface area contributed by atoms with Crippen LogP contribution < -0.4 is 4.72 Å². The van der Waals surface area contributed by atoms with E-state index >= 15 is 0 Å². The van der Waals surface area contributed by atoms with Gasteiger partial charge in [-0.25, -0.2) is 17.9 Å². The standard InChI is InChI=1S/C12H15BrClNO5S/c1-3-7(6-20-2)15-21(18,19)8-4-9(12(16)17)11(14)10(13)5-8/h4-5,7,15H,3,6H2,1-2H3,(H,16,17). The highest BCUT2D eigenvalue weighted by atomic mass is 79.9. The second-order valence-electron chi connectivity index (χ2n) is 4.25. The molecule has 0 saturated carbocycles. The van der Waals surface area contributed by atoms with Crippen molar-refractivity contribution in [2.75, 3.05) is 13.7 Å². The van der Waals surface area contributed by atoms with Crippen LogP contribution in [0.4, 0.5) is 0 Å². The fraction of sp³-hybridized carbons (Fsp3) is 0.417. The zero-order valence-corrected chi connectivity index (χ0v) is 14.5. The van der Waals surface area contributed by atoms with Gasteiger partial charge in [-0.2, -0.15) is 0 Å². The molecule has 6 nitrogen and oxygen atoms in total. The van der Waals surface area contributed by atoms with Crippen LogP contribution in [0.2, 0.25) is 5.02 Å². The molecule has 0 spiro atoms. The highest BCUT2D eigenvalue weighted by Crippen LogP contribution is 2.30. The van der Waals surface area contributed by atoms with E-state index < -0.39 is 22.0 Å². The molecule has 2 N–H and O–H groups in total. The van der Waals surface area contributed by atoms with Gasteiger partial charge >= 0.3 is 5.97 Å². The van der Waals surface area contributed by atoms with Crippen molar-refractivity contribution < 1.29 is 23.1 Å². The zero-order chi connectivity index (χ0) is 16.2. The number of carboxylic acids is 1. The highest BCUT2D eigenvalue weighted by molar-refractivity contribution is 9.10. The highest BCUT2D eigenvalue weighted by Gasteiger charge is 2.23. The first-order chi connectivity index (χ1) is 9.72. The largest absolute Gasteiger partial charge is 0.478 e. The molecule has 1 unspecified atom stereocenters. The number of carbonyl (C=O) groups is 1. The maximum absolute atomic E-state index is 12.3. The van der Waals surface area contributed by atoms with E-state index in [-0.39, 0.29) is 26.6 Å². The fourth-order valence-corrected chi connectivity index (χ4v) is 3.76. The maximum atomic E-state index is 12.3. The monoisotopic (exact) mass is 399 g/mol. The first kappa shape index (κ1) is 18.4. The first-order valence-corrected chi connectivity index (χ1v) is 8.62. The van der Waals surface area contributed by atoms with Crippen molar-refractivity contribution >= 4 is 43.5 Å². The second kappa shape index (κ2) is 7.55. The minimum Gasteiger partial charge on any atom is -0.478 e. The van der Waals surface area contributed by atoms with Gasteiger partial charge in [-0.1, -0.05) is 18.5 Å². The lowest BCUT2D eigenvalue weighted by atomic mass is 10.2. The summed E-state index contributed by atoms with van der Waals surface area (Å²) in [4.78, 5) is 10.9. The molecule has 0 aliphatic carbocycles. The predicted molar refractivity (Wildman–Crippen MR) is 82.4 cm³/mol. The molecule has 0 heterocycles. The molecular weight excluding hydrogens is 386 g/mol. The van der Waals surface area contributed by atoms with Gasteiger partial charge in [-0.3, -0.25) is 0 Å². The van der Waals surface area contributed by atoms with Crippen molar-refractivity contribution in [3.63, 3.8) is 0 Å². The van der Waals surface area contributed by atoms with E-state index in [1.807, 2.05) is 6.92 Å². The third-order valence-corrected chi connectivity index (χ3v) is 5.49. The average Bonchev–Trinajstić information content (AvgIpc) is 2.40. The molecule has 118 valence electrons. The molecule has 1 aromatic rings. The van der Waals surface area contributed by atoms with Crippen LogP contribution in [0.15, 0.2) is 21.5 Å². The minimum absolute atomic E-state index is 0.0506. The van der Waals surface area contributed by atoms with Crippen LogP contribution >= 0.6 is 27.5 Å². The van der Waals surface area contributed by atoms with E-state index in [4.69, 9.17) is 21.4 Å². The van der Waals surface area contributed by atoms with Crippen molar-refractivity contribution in [3.05, 3.63) is 27.2 Å². The van der Waals surface area contributed by atoms with E-state index in [1.165, 1.54) is 13.2 Å². The van der Waals surface area contributed by atoms with E-state index in [0.29, 0.717) is 6.42 Å². The van der Waals surface area contributed by atoms with Gasteiger partial charge in [0.05, 0.1) is 22.1 Å². The molecule has 1 atom stereocenters. The number of halogens is 2. The summed E-state index contributed by atoms with van der Waals surface area (Å²) in [7, 11) is -2.40. The Morgan fingerprint density at radius 1 is 1.52 bits per heavy atom. The molecular formula is C12H15BrClNO5S. The second-order valence-corrected chi connectivity index (χ2v) is 7.20. The van der Waals surface area contributed by atoms with Gasteiger partial charge in [0, 0.05) is 17.6 Å². The van der Waals surface area contributed by atoms with Crippen LogP contribution in [0.5, 0.6) is 0 Å². The van der Waals surface area contributed by atoms with Gasteiger partial charge in [0.2, 0.25) is 10.0 Å². The van der Waals surface area contributed by atoms with Crippen LogP contribution in [0.1, 0.15) is 23.7 Å². The van der Waals surface area contributed by atoms with Crippen LogP contribution in [0, 0.1) is 0 Å². The van der Waals surface area contributed by atoms with Crippen LogP contribution in [-0.4, -0.2) is 39.3 Å². The summed E-state index contributed by atoms with van der Waals surface area (Å²) in [5.41, 5.74) is -0.286. The number of hydrogen-bond acceptors (Lipinski definition) is 4. The van der Waals surface area contributed by atoms with Gasteiger partial charge < -0.3 is 9.84 Å². The molecule has 1 aromatic carbocycles. The smallest absolute Gasteiger partial charge is 0.337 e. The minimum atomic E-state index is -3.87. The fourth-order valence-electron chi connectivity index (χ4n) is 1.60. The van der Waals surface area contributed by atoms with Gasteiger partial charge in [-0.15, -0.1) is 0 Å². The van der Waals surface area contributed by atoms with Crippen LogP contribution in [0.3, 0.4) is 0 Å². The van der Waals surface area contributed by atoms with Crippen LogP contribution in [0.25, 0.3) is 0 Å². The van der Waals surface area contributed by atoms with Crippen molar-refractivity contribution in [3.8, 4) is 0 Å². The first-order valence-electron chi connectivity index (χ1n) is 5.96. The Kier molecular flexibility index (Phi) is 6.61. The Morgan fingerprint density at radius 2 is 2.14 bits per heavy atom. The Hall–Kier alpha value is -0.670. The summed E-state index contributed by atoms with van der Waals surface area (Å²) in [5.74, 6) is -1.30.